The van der Waals surface area contributed by atoms with Crippen molar-refractivity contribution < 1.29 is 4.79 Å². The highest BCUT2D eigenvalue weighted by atomic mass is 79.9. The fraction of sp³-hybridized carbons (Fsp3) is 0.222. The Labute approximate surface area is 95.7 Å². The van der Waals surface area contributed by atoms with Crippen LogP contribution in [0.5, 0.6) is 0 Å². The van der Waals surface area contributed by atoms with Crippen LogP contribution in [0.1, 0.15) is 6.92 Å². The number of benzene rings is 1. The smallest absolute Gasteiger partial charge is 0.242 e. The molecule has 0 saturated heterocycles. The first-order valence-corrected chi connectivity index (χ1v) is 5.23. The minimum atomic E-state index is -0.571. The molecule has 0 aliphatic heterocycles. The van der Waals surface area contributed by atoms with Gasteiger partial charge in [-0.3, -0.25) is 4.79 Å². The third-order valence-corrected chi connectivity index (χ3v) is 2.32. The molecule has 1 unspecified atom stereocenters. The second-order valence-electron chi connectivity index (χ2n) is 2.84. The van der Waals surface area contributed by atoms with Gasteiger partial charge in [0.1, 0.15) is 5.38 Å². The number of hydrogen-bond donors (Lipinski definition) is 2. The number of anilines is 2. The first-order chi connectivity index (χ1) is 6.50. The Hall–Kier alpha value is -0.740. The molecule has 0 fully saturated rings. The molecule has 1 rings (SSSR count). The zero-order chi connectivity index (χ0) is 10.7. The molecule has 1 atom stereocenters. The van der Waals surface area contributed by atoms with Gasteiger partial charge in [0, 0.05) is 4.47 Å². The number of carbonyl (C=O) groups is 1. The number of nitrogens with one attached hydrogen (secondary N) is 1. The average Bonchev–Trinajstić information content (AvgIpc) is 2.09. The number of nitrogen functional groups attached to an aromatic ring is 1. The van der Waals surface area contributed by atoms with Gasteiger partial charge in [0.15, 0.2) is 0 Å². The van der Waals surface area contributed by atoms with Crippen molar-refractivity contribution in [2.75, 3.05) is 11.1 Å². The van der Waals surface area contributed by atoms with Crippen LogP contribution in [0.3, 0.4) is 0 Å². The Morgan fingerprint density at radius 1 is 1.64 bits per heavy atom. The van der Waals surface area contributed by atoms with Crippen LogP contribution in [0.4, 0.5) is 11.4 Å². The Morgan fingerprint density at radius 2 is 2.29 bits per heavy atom. The van der Waals surface area contributed by atoms with Crippen LogP contribution >= 0.6 is 27.5 Å². The monoisotopic (exact) mass is 276 g/mol. The zero-order valence-electron chi connectivity index (χ0n) is 7.55. The minimum absolute atomic E-state index is 0.263. The normalized spacial score (nSPS) is 12.2. The van der Waals surface area contributed by atoms with Crippen molar-refractivity contribution in [3.8, 4) is 0 Å². The predicted octanol–water partition coefficient (Wildman–Crippen LogP) is 2.60. The second-order valence-corrected chi connectivity index (χ2v) is 4.41. The molecule has 5 heteroatoms. The molecule has 3 N–H and O–H groups in total. The molecular formula is C9H10BrClN2O. The van der Waals surface area contributed by atoms with E-state index >= 15 is 0 Å². The number of alkyl halides is 1. The highest BCUT2D eigenvalue weighted by Gasteiger charge is 2.10. The number of amides is 1. The summed E-state index contributed by atoms with van der Waals surface area (Å²) in [6.45, 7) is 1.60. The number of hydrogen-bond acceptors (Lipinski definition) is 2. The van der Waals surface area contributed by atoms with E-state index in [1.165, 1.54) is 0 Å². The maximum atomic E-state index is 11.2. The summed E-state index contributed by atoms with van der Waals surface area (Å²) in [4.78, 5) is 11.2. The van der Waals surface area contributed by atoms with E-state index in [2.05, 4.69) is 21.2 Å². The van der Waals surface area contributed by atoms with E-state index in [0.29, 0.717) is 11.4 Å². The van der Waals surface area contributed by atoms with Crippen LogP contribution in [-0.2, 0) is 4.79 Å². The van der Waals surface area contributed by atoms with E-state index in [1.807, 2.05) is 0 Å². The van der Waals surface area contributed by atoms with Crippen LogP contribution in [-0.4, -0.2) is 11.3 Å². The summed E-state index contributed by atoms with van der Waals surface area (Å²) in [5, 5.41) is 2.05. The summed E-state index contributed by atoms with van der Waals surface area (Å²) in [6, 6.07) is 5.23. The Kier molecular flexibility index (Phi) is 3.77. The maximum absolute atomic E-state index is 11.2. The second kappa shape index (κ2) is 4.66. The van der Waals surface area contributed by atoms with Crippen LogP contribution in [0, 0.1) is 0 Å². The molecule has 0 aliphatic rings. The summed E-state index contributed by atoms with van der Waals surface area (Å²) in [7, 11) is 0. The Bertz CT molecular complexity index is 355. The Balaban J connectivity index is 2.82. The molecule has 0 radical (unpaired) electrons. The molecule has 0 bridgehead atoms. The highest BCUT2D eigenvalue weighted by Crippen LogP contribution is 2.23. The van der Waals surface area contributed by atoms with Crippen LogP contribution < -0.4 is 11.1 Å². The van der Waals surface area contributed by atoms with Gasteiger partial charge >= 0.3 is 0 Å². The van der Waals surface area contributed by atoms with Crippen molar-refractivity contribution in [3.05, 3.63) is 22.7 Å². The van der Waals surface area contributed by atoms with Gasteiger partial charge in [0.25, 0.3) is 0 Å². The first-order valence-electron chi connectivity index (χ1n) is 4.00. The standard InChI is InChI=1S/C9H10BrClN2O/c1-5(11)9(14)13-8-3-2-6(10)4-7(8)12/h2-5H,12H2,1H3,(H,13,14). The van der Waals surface area contributed by atoms with E-state index in [0.717, 1.165) is 4.47 Å². The van der Waals surface area contributed by atoms with Crippen molar-refractivity contribution in [1.29, 1.82) is 0 Å². The van der Waals surface area contributed by atoms with Gasteiger partial charge in [-0.1, -0.05) is 15.9 Å². The number of rotatable bonds is 2. The Morgan fingerprint density at radius 3 is 2.79 bits per heavy atom. The lowest BCUT2D eigenvalue weighted by Gasteiger charge is -2.09. The quantitative estimate of drug-likeness (QED) is 0.645. The fourth-order valence-electron chi connectivity index (χ4n) is 0.880. The zero-order valence-corrected chi connectivity index (χ0v) is 9.89. The van der Waals surface area contributed by atoms with Gasteiger partial charge in [-0.15, -0.1) is 11.6 Å². The highest BCUT2D eigenvalue weighted by molar-refractivity contribution is 9.10. The van der Waals surface area contributed by atoms with Gasteiger partial charge < -0.3 is 11.1 Å². The largest absolute Gasteiger partial charge is 0.397 e. The lowest BCUT2D eigenvalue weighted by atomic mass is 10.2. The van der Waals surface area contributed by atoms with E-state index in [9.17, 15) is 4.79 Å². The fourth-order valence-corrected chi connectivity index (χ4v) is 1.31. The van der Waals surface area contributed by atoms with Crippen LogP contribution in [0.25, 0.3) is 0 Å². The third-order valence-electron chi connectivity index (χ3n) is 1.63. The van der Waals surface area contributed by atoms with Crippen LogP contribution in [0.15, 0.2) is 22.7 Å². The van der Waals surface area contributed by atoms with E-state index in [-0.39, 0.29) is 5.91 Å². The molecule has 14 heavy (non-hydrogen) atoms. The summed E-state index contributed by atoms with van der Waals surface area (Å²) in [6.07, 6.45) is 0. The molecule has 0 aromatic heterocycles. The molecule has 1 amide bonds. The van der Waals surface area contributed by atoms with Crippen molar-refractivity contribution in [2.45, 2.75) is 12.3 Å². The maximum Gasteiger partial charge on any atom is 0.242 e. The average molecular weight is 278 g/mol. The number of nitrogens with two attached hydrogens (primary N) is 1. The van der Waals surface area contributed by atoms with Gasteiger partial charge in [-0.2, -0.15) is 0 Å². The van der Waals surface area contributed by atoms with Crippen molar-refractivity contribution in [1.82, 2.24) is 0 Å². The lowest BCUT2D eigenvalue weighted by molar-refractivity contribution is -0.115. The molecule has 0 heterocycles. The summed E-state index contributed by atoms with van der Waals surface area (Å²) in [5.74, 6) is -0.263. The molecule has 0 aliphatic carbocycles. The topological polar surface area (TPSA) is 55.1 Å². The van der Waals surface area contributed by atoms with E-state index in [1.54, 1.807) is 25.1 Å². The first kappa shape index (κ1) is 11.3. The summed E-state index contributed by atoms with van der Waals surface area (Å²) in [5.41, 5.74) is 6.76. The third kappa shape index (κ3) is 2.89. The molecule has 0 spiro atoms. The van der Waals surface area contributed by atoms with Crippen molar-refractivity contribution >= 4 is 44.8 Å². The lowest BCUT2D eigenvalue weighted by Crippen LogP contribution is -2.20. The molecule has 1 aromatic carbocycles. The number of carbonyl (C=O) groups excluding carboxylic acids is 1. The molecular weight excluding hydrogens is 267 g/mol. The molecule has 76 valence electrons. The molecule has 0 saturated carbocycles. The van der Waals surface area contributed by atoms with Gasteiger partial charge in [0.2, 0.25) is 5.91 Å². The minimum Gasteiger partial charge on any atom is -0.397 e. The van der Waals surface area contributed by atoms with Crippen LogP contribution in [0.2, 0.25) is 0 Å². The van der Waals surface area contributed by atoms with E-state index in [4.69, 9.17) is 17.3 Å². The molecule has 1 aromatic rings. The summed E-state index contributed by atoms with van der Waals surface area (Å²) >= 11 is 8.87. The molecule has 3 nitrogen and oxygen atoms in total. The van der Waals surface area contributed by atoms with Gasteiger partial charge in [0.05, 0.1) is 11.4 Å². The number of halogens is 2. The SMILES string of the molecule is CC(Cl)C(=O)Nc1ccc(Br)cc1N. The van der Waals surface area contributed by atoms with Gasteiger partial charge in [-0.05, 0) is 25.1 Å². The van der Waals surface area contributed by atoms with Crippen molar-refractivity contribution in [2.24, 2.45) is 0 Å². The van der Waals surface area contributed by atoms with E-state index < -0.39 is 5.38 Å². The van der Waals surface area contributed by atoms with Crippen molar-refractivity contribution in [3.63, 3.8) is 0 Å². The van der Waals surface area contributed by atoms with Gasteiger partial charge in [-0.25, -0.2) is 0 Å². The summed E-state index contributed by atoms with van der Waals surface area (Å²) < 4.78 is 0.868. The predicted molar refractivity (Wildman–Crippen MR) is 62.5 cm³/mol.